The second kappa shape index (κ2) is 8.08. The van der Waals surface area contributed by atoms with Crippen molar-refractivity contribution in [2.45, 2.75) is 45.1 Å². The molecule has 1 amide bonds. The summed E-state index contributed by atoms with van der Waals surface area (Å²) in [5.41, 5.74) is 1.92. The summed E-state index contributed by atoms with van der Waals surface area (Å²) in [6, 6.07) is 8.00. The van der Waals surface area contributed by atoms with Crippen LogP contribution in [0.1, 0.15) is 48.5 Å². The molecule has 1 aliphatic heterocycles. The minimum absolute atomic E-state index is 0.0507. The smallest absolute Gasteiger partial charge is 0.223 e. The lowest BCUT2D eigenvalue weighted by atomic mass is 10.0. The SMILES string of the molecule is CCc1ccc(C(=O)CCC(=O)N(C)C2CCNCC2)cc1. The molecule has 0 aromatic heterocycles. The highest BCUT2D eigenvalue weighted by Gasteiger charge is 2.22. The fourth-order valence-corrected chi connectivity index (χ4v) is 2.87. The third kappa shape index (κ3) is 4.41. The van der Waals surface area contributed by atoms with Gasteiger partial charge in [-0.05, 0) is 37.9 Å². The second-order valence-electron chi connectivity index (χ2n) is 5.96. The Hall–Kier alpha value is -1.68. The number of carbonyl (C=O) groups is 2. The number of amides is 1. The molecule has 2 rings (SSSR count). The number of Topliss-reactive ketones (excluding diaryl/α,β-unsaturated/α-hetero) is 1. The van der Waals surface area contributed by atoms with Crippen molar-refractivity contribution in [3.63, 3.8) is 0 Å². The van der Waals surface area contributed by atoms with Crippen molar-refractivity contribution in [3.8, 4) is 0 Å². The van der Waals surface area contributed by atoms with Gasteiger partial charge < -0.3 is 10.2 Å². The Balaban J connectivity index is 1.82. The molecule has 1 saturated heterocycles. The molecule has 0 spiro atoms. The van der Waals surface area contributed by atoms with Gasteiger partial charge in [0, 0.05) is 31.5 Å². The molecule has 1 aliphatic rings. The van der Waals surface area contributed by atoms with Gasteiger partial charge in [0.15, 0.2) is 5.78 Å². The van der Waals surface area contributed by atoms with Crippen molar-refractivity contribution < 1.29 is 9.59 Å². The molecule has 1 aromatic carbocycles. The first-order valence-electron chi connectivity index (χ1n) is 8.20. The summed E-state index contributed by atoms with van der Waals surface area (Å²) in [4.78, 5) is 26.2. The molecular weight excluding hydrogens is 276 g/mol. The molecular formula is C18H26N2O2. The van der Waals surface area contributed by atoms with E-state index in [1.54, 1.807) is 0 Å². The number of piperidine rings is 1. The van der Waals surface area contributed by atoms with E-state index in [0.717, 1.165) is 32.4 Å². The molecule has 0 atom stereocenters. The average Bonchev–Trinajstić information content (AvgIpc) is 2.59. The molecule has 0 saturated carbocycles. The molecule has 1 fully saturated rings. The largest absolute Gasteiger partial charge is 0.343 e. The van der Waals surface area contributed by atoms with Crippen molar-refractivity contribution in [1.82, 2.24) is 10.2 Å². The molecule has 0 bridgehead atoms. The first-order valence-corrected chi connectivity index (χ1v) is 8.20. The lowest BCUT2D eigenvalue weighted by Gasteiger charge is -2.31. The van der Waals surface area contributed by atoms with Gasteiger partial charge in [0.05, 0.1) is 0 Å². The maximum Gasteiger partial charge on any atom is 0.223 e. The molecule has 4 heteroatoms. The maximum absolute atomic E-state index is 12.2. The van der Waals surface area contributed by atoms with Gasteiger partial charge in [0.2, 0.25) is 5.91 Å². The fourth-order valence-electron chi connectivity index (χ4n) is 2.87. The van der Waals surface area contributed by atoms with Gasteiger partial charge in [0.1, 0.15) is 0 Å². The van der Waals surface area contributed by atoms with E-state index in [9.17, 15) is 9.59 Å². The van der Waals surface area contributed by atoms with Gasteiger partial charge in [-0.25, -0.2) is 0 Å². The molecule has 1 aromatic rings. The predicted molar refractivity (Wildman–Crippen MR) is 88.0 cm³/mol. The van der Waals surface area contributed by atoms with Gasteiger partial charge in [-0.2, -0.15) is 0 Å². The summed E-state index contributed by atoms with van der Waals surface area (Å²) < 4.78 is 0. The first kappa shape index (κ1) is 16.7. The first-order chi connectivity index (χ1) is 10.6. The summed E-state index contributed by atoms with van der Waals surface area (Å²) in [6.45, 7) is 4.02. The zero-order valence-electron chi connectivity index (χ0n) is 13.6. The van der Waals surface area contributed by atoms with E-state index >= 15 is 0 Å². The van der Waals surface area contributed by atoms with Crippen molar-refractivity contribution in [1.29, 1.82) is 0 Å². The molecule has 0 unspecified atom stereocenters. The minimum atomic E-state index is 0.0507. The van der Waals surface area contributed by atoms with Crippen molar-refractivity contribution in [3.05, 3.63) is 35.4 Å². The Morgan fingerprint density at radius 3 is 2.36 bits per heavy atom. The number of benzene rings is 1. The third-order valence-electron chi connectivity index (χ3n) is 4.50. The molecule has 1 N–H and O–H groups in total. The second-order valence-corrected chi connectivity index (χ2v) is 5.96. The molecule has 4 nitrogen and oxygen atoms in total. The number of aryl methyl sites for hydroxylation is 1. The van der Waals surface area contributed by atoms with E-state index in [1.165, 1.54) is 5.56 Å². The zero-order valence-corrected chi connectivity index (χ0v) is 13.6. The highest BCUT2D eigenvalue weighted by atomic mass is 16.2. The minimum Gasteiger partial charge on any atom is -0.343 e. The van der Waals surface area contributed by atoms with Crippen LogP contribution in [0.15, 0.2) is 24.3 Å². The lowest BCUT2D eigenvalue weighted by molar-refractivity contribution is -0.132. The van der Waals surface area contributed by atoms with E-state index in [-0.39, 0.29) is 11.7 Å². The highest BCUT2D eigenvalue weighted by molar-refractivity contribution is 5.97. The number of rotatable bonds is 6. The Kier molecular flexibility index (Phi) is 6.13. The van der Waals surface area contributed by atoms with E-state index in [4.69, 9.17) is 0 Å². The van der Waals surface area contributed by atoms with Crippen LogP contribution in [0, 0.1) is 0 Å². The summed E-state index contributed by atoms with van der Waals surface area (Å²) in [6.07, 6.45) is 3.55. The number of carbonyl (C=O) groups excluding carboxylic acids is 2. The van der Waals surface area contributed by atoms with E-state index in [2.05, 4.69) is 12.2 Å². The van der Waals surface area contributed by atoms with Crippen LogP contribution in [0.5, 0.6) is 0 Å². The van der Waals surface area contributed by atoms with Crippen molar-refractivity contribution >= 4 is 11.7 Å². The Morgan fingerprint density at radius 1 is 1.14 bits per heavy atom. The number of ketones is 1. The van der Waals surface area contributed by atoms with Gasteiger partial charge in [-0.1, -0.05) is 31.2 Å². The monoisotopic (exact) mass is 302 g/mol. The molecule has 0 aliphatic carbocycles. The Morgan fingerprint density at radius 2 is 1.77 bits per heavy atom. The molecule has 1 heterocycles. The number of hydrogen-bond acceptors (Lipinski definition) is 3. The maximum atomic E-state index is 12.2. The summed E-state index contributed by atoms with van der Waals surface area (Å²) in [5, 5.41) is 3.30. The van der Waals surface area contributed by atoms with Gasteiger partial charge in [-0.3, -0.25) is 9.59 Å². The van der Waals surface area contributed by atoms with Crippen LogP contribution in [-0.4, -0.2) is 42.8 Å². The topological polar surface area (TPSA) is 49.4 Å². The standard InChI is InChI=1S/C18H26N2O2/c1-3-14-4-6-15(7-5-14)17(21)8-9-18(22)20(2)16-10-12-19-13-11-16/h4-7,16,19H,3,8-13H2,1-2H3. The van der Waals surface area contributed by atoms with E-state index in [0.29, 0.717) is 24.4 Å². The number of nitrogens with zero attached hydrogens (tertiary/aromatic N) is 1. The Bertz CT molecular complexity index is 504. The van der Waals surface area contributed by atoms with Crippen LogP contribution in [0.25, 0.3) is 0 Å². The van der Waals surface area contributed by atoms with Crippen LogP contribution in [0.2, 0.25) is 0 Å². The van der Waals surface area contributed by atoms with Crippen molar-refractivity contribution in [2.24, 2.45) is 0 Å². The molecule has 120 valence electrons. The summed E-state index contributed by atoms with van der Waals surface area (Å²) >= 11 is 0. The average molecular weight is 302 g/mol. The van der Waals surface area contributed by atoms with Gasteiger partial charge >= 0.3 is 0 Å². The summed E-state index contributed by atoms with van der Waals surface area (Å²) in [7, 11) is 1.86. The predicted octanol–water partition coefficient (Wildman–Crippen LogP) is 2.42. The number of hydrogen-bond donors (Lipinski definition) is 1. The lowest BCUT2D eigenvalue weighted by Crippen LogP contribution is -2.44. The van der Waals surface area contributed by atoms with Crippen LogP contribution in [-0.2, 0) is 11.2 Å². The highest BCUT2D eigenvalue weighted by Crippen LogP contribution is 2.13. The van der Waals surface area contributed by atoms with Crippen LogP contribution >= 0.6 is 0 Å². The Labute approximate surface area is 132 Å². The van der Waals surface area contributed by atoms with Crippen LogP contribution < -0.4 is 5.32 Å². The van der Waals surface area contributed by atoms with Crippen LogP contribution in [0.3, 0.4) is 0 Å². The molecule has 0 radical (unpaired) electrons. The third-order valence-corrected chi connectivity index (χ3v) is 4.50. The van der Waals surface area contributed by atoms with E-state index in [1.807, 2.05) is 36.2 Å². The number of nitrogens with one attached hydrogen (secondary N) is 1. The summed E-state index contributed by atoms with van der Waals surface area (Å²) in [5.74, 6) is 0.125. The normalized spacial score (nSPS) is 15.5. The van der Waals surface area contributed by atoms with Crippen molar-refractivity contribution in [2.75, 3.05) is 20.1 Å². The van der Waals surface area contributed by atoms with Gasteiger partial charge in [0.25, 0.3) is 0 Å². The van der Waals surface area contributed by atoms with Gasteiger partial charge in [-0.15, -0.1) is 0 Å². The quantitative estimate of drug-likeness (QED) is 0.821. The van der Waals surface area contributed by atoms with E-state index < -0.39 is 0 Å². The fraction of sp³-hybridized carbons (Fsp3) is 0.556. The molecule has 22 heavy (non-hydrogen) atoms. The van der Waals surface area contributed by atoms with Crippen LogP contribution in [0.4, 0.5) is 0 Å². The zero-order chi connectivity index (χ0) is 15.9.